The molecule has 33 heavy (non-hydrogen) atoms. The molecule has 0 aliphatic rings. The van der Waals surface area contributed by atoms with E-state index in [1.54, 1.807) is 26.2 Å². The number of ether oxygens (including phenoxy) is 3. The highest BCUT2D eigenvalue weighted by Gasteiger charge is 2.35. The molecule has 0 spiro atoms. The Morgan fingerprint density at radius 2 is 1.73 bits per heavy atom. The Kier molecular flexibility index (Phi) is 6.77. The Morgan fingerprint density at radius 1 is 1.00 bits per heavy atom. The maximum Gasteiger partial charge on any atom is 0.451 e. The van der Waals surface area contributed by atoms with Crippen molar-refractivity contribution < 1.29 is 27.4 Å². The quantitative estimate of drug-likeness (QED) is 0.512. The topological polar surface area (TPSA) is 117 Å². The molecule has 0 aliphatic carbocycles. The van der Waals surface area contributed by atoms with Gasteiger partial charge in [-0.05, 0) is 26.8 Å². The van der Waals surface area contributed by atoms with Crippen LogP contribution in [-0.4, -0.2) is 46.4 Å². The number of nitrogens with zero attached hydrogens (tertiary/aromatic N) is 4. The summed E-state index contributed by atoms with van der Waals surface area (Å²) in [4.78, 5) is 15.6. The van der Waals surface area contributed by atoms with Gasteiger partial charge in [0.25, 0.3) is 0 Å². The van der Waals surface area contributed by atoms with Gasteiger partial charge in [0.05, 0.1) is 30.5 Å². The number of anilines is 2. The van der Waals surface area contributed by atoms with Gasteiger partial charge in [-0.15, -0.1) is 0 Å². The summed E-state index contributed by atoms with van der Waals surface area (Å²) >= 11 is 0. The molecule has 0 saturated heterocycles. The lowest BCUT2D eigenvalue weighted by atomic mass is 10.1. The van der Waals surface area contributed by atoms with E-state index in [9.17, 15) is 13.2 Å². The molecule has 2 heterocycles. The number of alkyl halides is 3. The maximum atomic E-state index is 13.0. The smallest absolute Gasteiger partial charge is 0.451 e. The van der Waals surface area contributed by atoms with Gasteiger partial charge in [-0.2, -0.15) is 13.2 Å². The van der Waals surface area contributed by atoms with E-state index in [0.717, 1.165) is 0 Å². The molecular weight excluding hydrogens is 441 g/mol. The normalized spacial score (nSPS) is 12.1. The molecule has 12 heteroatoms. The predicted molar refractivity (Wildman–Crippen MR) is 116 cm³/mol. The van der Waals surface area contributed by atoms with Crippen LogP contribution in [-0.2, 0) is 17.5 Å². The summed E-state index contributed by atoms with van der Waals surface area (Å²) < 4.78 is 55.8. The molecule has 3 aromatic rings. The monoisotopic (exact) mass is 466 g/mol. The molecule has 0 unspecified atom stereocenters. The molecule has 0 radical (unpaired) electrons. The maximum absolute atomic E-state index is 13.0. The lowest BCUT2D eigenvalue weighted by Gasteiger charge is -2.23. The van der Waals surface area contributed by atoms with Gasteiger partial charge in [0.1, 0.15) is 24.1 Å². The van der Waals surface area contributed by atoms with Gasteiger partial charge < -0.3 is 25.3 Å². The number of fused-ring (bicyclic) bond motifs is 1. The first kappa shape index (κ1) is 24.2. The standard InChI is InChI=1S/C21H25F3N6O3/c1-11-27-14-8-15(31-4)16(33-10-20(2,3)32-5)7-13(14)18(28-11)26-9-12-6-17(25)30-19(29-12)21(22,23)24/h6-8H,9-10H2,1-5H3,(H2,25,29,30)(H,26,27,28). The van der Waals surface area contributed by atoms with Gasteiger partial charge in [0.2, 0.25) is 5.82 Å². The number of aryl methyl sites for hydroxylation is 1. The van der Waals surface area contributed by atoms with Crippen molar-refractivity contribution in [2.24, 2.45) is 0 Å². The Labute approximate surface area is 188 Å². The highest BCUT2D eigenvalue weighted by atomic mass is 19.4. The van der Waals surface area contributed by atoms with Gasteiger partial charge >= 0.3 is 6.18 Å². The molecule has 9 nitrogen and oxygen atoms in total. The summed E-state index contributed by atoms with van der Waals surface area (Å²) in [5.41, 5.74) is 5.62. The Bertz CT molecular complexity index is 1150. The van der Waals surface area contributed by atoms with Gasteiger partial charge in [0, 0.05) is 24.6 Å². The van der Waals surface area contributed by atoms with E-state index in [0.29, 0.717) is 34.0 Å². The number of nitrogen functional groups attached to an aromatic ring is 1. The van der Waals surface area contributed by atoms with E-state index >= 15 is 0 Å². The number of rotatable bonds is 8. The van der Waals surface area contributed by atoms with Crippen LogP contribution in [0.5, 0.6) is 11.5 Å². The van der Waals surface area contributed by atoms with Crippen LogP contribution in [0.1, 0.15) is 31.2 Å². The summed E-state index contributed by atoms with van der Waals surface area (Å²) in [5, 5.41) is 3.60. The third kappa shape index (κ3) is 5.89. The van der Waals surface area contributed by atoms with Crippen molar-refractivity contribution in [2.75, 3.05) is 31.9 Å². The van der Waals surface area contributed by atoms with Gasteiger partial charge in [0.15, 0.2) is 11.5 Å². The number of halogens is 3. The molecule has 2 aromatic heterocycles. The van der Waals surface area contributed by atoms with Crippen molar-refractivity contribution in [1.29, 1.82) is 0 Å². The van der Waals surface area contributed by atoms with Crippen LogP contribution in [0.4, 0.5) is 24.8 Å². The highest BCUT2D eigenvalue weighted by Crippen LogP contribution is 2.35. The Hall–Kier alpha value is -3.41. The average Bonchev–Trinajstić information content (AvgIpc) is 2.74. The van der Waals surface area contributed by atoms with Crippen molar-refractivity contribution in [3.05, 3.63) is 35.5 Å². The van der Waals surface area contributed by atoms with Crippen LogP contribution >= 0.6 is 0 Å². The Morgan fingerprint density at radius 3 is 2.36 bits per heavy atom. The lowest BCUT2D eigenvalue weighted by Crippen LogP contribution is -2.30. The van der Waals surface area contributed by atoms with Crippen LogP contribution in [0.3, 0.4) is 0 Å². The number of hydrogen-bond donors (Lipinski definition) is 2. The second-order valence-electron chi connectivity index (χ2n) is 7.85. The third-order valence-corrected chi connectivity index (χ3v) is 4.71. The number of methoxy groups -OCH3 is 2. The Balaban J connectivity index is 1.96. The highest BCUT2D eigenvalue weighted by molar-refractivity contribution is 5.91. The molecule has 3 rings (SSSR count). The fraction of sp³-hybridized carbons (Fsp3) is 0.429. The molecule has 0 atom stereocenters. The zero-order valence-corrected chi connectivity index (χ0v) is 18.9. The van der Waals surface area contributed by atoms with Crippen molar-refractivity contribution >= 4 is 22.5 Å². The summed E-state index contributed by atoms with van der Waals surface area (Å²) in [7, 11) is 3.10. The van der Waals surface area contributed by atoms with E-state index in [2.05, 4.69) is 25.3 Å². The third-order valence-electron chi connectivity index (χ3n) is 4.71. The molecule has 0 fully saturated rings. The van der Waals surface area contributed by atoms with Gasteiger partial charge in [-0.25, -0.2) is 19.9 Å². The van der Waals surface area contributed by atoms with Crippen LogP contribution < -0.4 is 20.5 Å². The van der Waals surface area contributed by atoms with E-state index in [1.807, 2.05) is 13.8 Å². The van der Waals surface area contributed by atoms with Crippen LogP contribution in [0.2, 0.25) is 0 Å². The zero-order valence-electron chi connectivity index (χ0n) is 18.9. The van der Waals surface area contributed by atoms with Gasteiger partial charge in [-0.3, -0.25) is 0 Å². The van der Waals surface area contributed by atoms with Crippen molar-refractivity contribution in [3.63, 3.8) is 0 Å². The van der Waals surface area contributed by atoms with E-state index < -0.39 is 17.6 Å². The second kappa shape index (κ2) is 9.22. The van der Waals surface area contributed by atoms with Crippen molar-refractivity contribution in [1.82, 2.24) is 19.9 Å². The largest absolute Gasteiger partial charge is 0.493 e. The molecule has 178 valence electrons. The number of nitrogens with two attached hydrogens (primary N) is 1. The SMILES string of the molecule is COc1cc2nc(C)nc(NCc3cc(N)nc(C(F)(F)F)n3)c2cc1OCC(C)(C)OC. The lowest BCUT2D eigenvalue weighted by molar-refractivity contribution is -0.145. The summed E-state index contributed by atoms with van der Waals surface area (Å²) in [6.07, 6.45) is -4.71. The van der Waals surface area contributed by atoms with E-state index in [-0.39, 0.29) is 24.7 Å². The first-order chi connectivity index (χ1) is 15.4. The van der Waals surface area contributed by atoms with Crippen molar-refractivity contribution in [3.8, 4) is 11.5 Å². The number of aromatic nitrogens is 4. The van der Waals surface area contributed by atoms with E-state index in [1.165, 1.54) is 13.2 Å². The second-order valence-corrected chi connectivity index (χ2v) is 7.85. The minimum atomic E-state index is -4.71. The molecule has 0 amide bonds. The fourth-order valence-electron chi connectivity index (χ4n) is 2.88. The van der Waals surface area contributed by atoms with Crippen LogP contribution in [0.25, 0.3) is 10.9 Å². The molecule has 0 bridgehead atoms. The summed E-state index contributed by atoms with van der Waals surface area (Å²) in [5.74, 6) is 0.178. The first-order valence-electron chi connectivity index (χ1n) is 9.90. The molecule has 1 aromatic carbocycles. The summed E-state index contributed by atoms with van der Waals surface area (Å²) in [6, 6.07) is 4.68. The number of hydrogen-bond acceptors (Lipinski definition) is 9. The first-order valence-corrected chi connectivity index (χ1v) is 9.90. The minimum Gasteiger partial charge on any atom is -0.493 e. The molecule has 0 aliphatic heterocycles. The average molecular weight is 466 g/mol. The summed E-state index contributed by atoms with van der Waals surface area (Å²) in [6.45, 7) is 5.64. The molecule has 0 saturated carbocycles. The van der Waals surface area contributed by atoms with E-state index in [4.69, 9.17) is 19.9 Å². The van der Waals surface area contributed by atoms with Gasteiger partial charge in [-0.1, -0.05) is 0 Å². The predicted octanol–water partition coefficient (Wildman–Crippen LogP) is 3.75. The zero-order chi connectivity index (χ0) is 24.4. The number of benzene rings is 1. The fourth-order valence-corrected chi connectivity index (χ4v) is 2.88. The van der Waals surface area contributed by atoms with Crippen LogP contribution in [0, 0.1) is 6.92 Å². The van der Waals surface area contributed by atoms with Crippen LogP contribution in [0.15, 0.2) is 18.2 Å². The van der Waals surface area contributed by atoms with Crippen molar-refractivity contribution in [2.45, 2.75) is 39.1 Å². The molecular formula is C21H25F3N6O3. The minimum absolute atomic E-state index is 0.0612. The molecule has 3 N–H and O–H groups in total. The number of nitrogens with one attached hydrogen (secondary N) is 1.